The normalized spacial score (nSPS) is 12.5. The molecule has 3 heteroatoms. The predicted molar refractivity (Wildman–Crippen MR) is 62.1 cm³/mol. The second-order valence-electron chi connectivity index (χ2n) is 3.63. The van der Waals surface area contributed by atoms with E-state index < -0.39 is 0 Å². The van der Waals surface area contributed by atoms with Crippen molar-refractivity contribution in [2.75, 3.05) is 6.54 Å². The molecule has 2 N–H and O–H groups in total. The van der Waals surface area contributed by atoms with Crippen molar-refractivity contribution in [2.24, 2.45) is 5.73 Å². The Morgan fingerprint density at radius 2 is 2.13 bits per heavy atom. The zero-order valence-corrected chi connectivity index (χ0v) is 9.79. The minimum absolute atomic E-state index is 0.0970. The van der Waals surface area contributed by atoms with Crippen LogP contribution in [0.4, 0.5) is 0 Å². The monoisotopic (exact) mass is 208 g/mol. The summed E-state index contributed by atoms with van der Waals surface area (Å²) >= 11 is 0. The zero-order valence-electron chi connectivity index (χ0n) is 9.79. The first-order chi connectivity index (χ1) is 7.21. The second kappa shape index (κ2) is 5.71. The third-order valence-electron chi connectivity index (χ3n) is 2.42. The van der Waals surface area contributed by atoms with E-state index in [0.29, 0.717) is 6.54 Å². The largest absolute Gasteiger partial charge is 0.487 e. The third-order valence-corrected chi connectivity index (χ3v) is 2.42. The molecule has 1 rings (SSSR count). The third kappa shape index (κ3) is 3.20. The van der Waals surface area contributed by atoms with E-state index in [1.807, 2.05) is 19.1 Å². The highest BCUT2D eigenvalue weighted by Crippen LogP contribution is 2.19. The number of rotatable bonds is 5. The predicted octanol–water partition coefficient (Wildman–Crippen LogP) is 2.07. The molecule has 1 heterocycles. The highest BCUT2D eigenvalue weighted by molar-refractivity contribution is 5.29. The summed E-state index contributed by atoms with van der Waals surface area (Å²) in [5.74, 6) is 0.875. The summed E-state index contributed by atoms with van der Waals surface area (Å²) in [7, 11) is 0. The van der Waals surface area contributed by atoms with Crippen molar-refractivity contribution in [1.82, 2.24) is 4.98 Å². The minimum atomic E-state index is 0.0970. The summed E-state index contributed by atoms with van der Waals surface area (Å²) in [5.41, 5.74) is 7.65. The number of nitrogens with zero attached hydrogens (tertiary/aromatic N) is 1. The molecule has 84 valence electrons. The quantitative estimate of drug-likeness (QED) is 0.805. The Labute approximate surface area is 91.7 Å². The van der Waals surface area contributed by atoms with Crippen molar-refractivity contribution in [3.05, 3.63) is 23.5 Å². The topological polar surface area (TPSA) is 48.1 Å². The fourth-order valence-electron chi connectivity index (χ4n) is 1.44. The van der Waals surface area contributed by atoms with Gasteiger partial charge in [0.05, 0.1) is 5.69 Å². The zero-order chi connectivity index (χ0) is 11.3. The highest BCUT2D eigenvalue weighted by Gasteiger charge is 2.09. The van der Waals surface area contributed by atoms with Crippen LogP contribution in [0.2, 0.25) is 0 Å². The SMILES string of the molecule is CCc1nc(C)ccc1OC(CC)CN. The lowest BCUT2D eigenvalue weighted by Gasteiger charge is -2.17. The van der Waals surface area contributed by atoms with Gasteiger partial charge in [-0.2, -0.15) is 0 Å². The molecule has 1 aromatic rings. The molecule has 15 heavy (non-hydrogen) atoms. The number of nitrogens with two attached hydrogens (primary N) is 1. The van der Waals surface area contributed by atoms with Gasteiger partial charge in [0.15, 0.2) is 0 Å². The summed E-state index contributed by atoms with van der Waals surface area (Å²) < 4.78 is 5.80. The number of aromatic nitrogens is 1. The number of hydrogen-bond acceptors (Lipinski definition) is 3. The molecule has 0 saturated heterocycles. The van der Waals surface area contributed by atoms with Gasteiger partial charge in [-0.1, -0.05) is 13.8 Å². The average Bonchev–Trinajstić information content (AvgIpc) is 2.27. The van der Waals surface area contributed by atoms with Gasteiger partial charge < -0.3 is 10.5 Å². The Balaban J connectivity index is 2.83. The van der Waals surface area contributed by atoms with E-state index in [0.717, 1.165) is 30.0 Å². The summed E-state index contributed by atoms with van der Waals surface area (Å²) in [6.07, 6.45) is 1.91. The van der Waals surface area contributed by atoms with E-state index in [1.165, 1.54) is 0 Å². The highest BCUT2D eigenvalue weighted by atomic mass is 16.5. The maximum Gasteiger partial charge on any atom is 0.141 e. The number of ether oxygens (including phenoxy) is 1. The van der Waals surface area contributed by atoms with Crippen LogP contribution in [0.1, 0.15) is 31.7 Å². The molecular formula is C12H20N2O. The lowest BCUT2D eigenvalue weighted by Crippen LogP contribution is -2.26. The van der Waals surface area contributed by atoms with E-state index in [2.05, 4.69) is 18.8 Å². The van der Waals surface area contributed by atoms with Crippen molar-refractivity contribution in [3.8, 4) is 5.75 Å². The van der Waals surface area contributed by atoms with Crippen molar-refractivity contribution >= 4 is 0 Å². The fourth-order valence-corrected chi connectivity index (χ4v) is 1.44. The van der Waals surface area contributed by atoms with Gasteiger partial charge in [0, 0.05) is 12.2 Å². The van der Waals surface area contributed by atoms with Gasteiger partial charge >= 0.3 is 0 Å². The molecule has 0 amide bonds. The van der Waals surface area contributed by atoms with Crippen LogP contribution < -0.4 is 10.5 Å². The Hall–Kier alpha value is -1.09. The smallest absolute Gasteiger partial charge is 0.141 e. The van der Waals surface area contributed by atoms with Crippen molar-refractivity contribution < 1.29 is 4.74 Å². The number of pyridine rings is 1. The Morgan fingerprint density at radius 3 is 2.67 bits per heavy atom. The van der Waals surface area contributed by atoms with Gasteiger partial charge in [0.2, 0.25) is 0 Å². The molecule has 0 saturated carbocycles. The van der Waals surface area contributed by atoms with Gasteiger partial charge in [-0.3, -0.25) is 4.98 Å². The van der Waals surface area contributed by atoms with Crippen molar-refractivity contribution in [3.63, 3.8) is 0 Å². The lowest BCUT2D eigenvalue weighted by molar-refractivity contribution is 0.202. The lowest BCUT2D eigenvalue weighted by atomic mass is 10.2. The first kappa shape index (κ1) is 12.0. The molecule has 1 unspecified atom stereocenters. The van der Waals surface area contributed by atoms with E-state index in [-0.39, 0.29) is 6.10 Å². The van der Waals surface area contributed by atoms with Crippen LogP contribution >= 0.6 is 0 Å². The molecule has 0 aliphatic carbocycles. The van der Waals surface area contributed by atoms with Crippen LogP contribution in [0.5, 0.6) is 5.75 Å². The van der Waals surface area contributed by atoms with Crippen LogP contribution in [-0.4, -0.2) is 17.6 Å². The summed E-state index contributed by atoms with van der Waals surface area (Å²) in [4.78, 5) is 4.45. The maximum atomic E-state index is 5.80. The molecule has 0 aliphatic rings. The van der Waals surface area contributed by atoms with Crippen LogP contribution in [0.15, 0.2) is 12.1 Å². The molecule has 0 aromatic carbocycles. The fraction of sp³-hybridized carbons (Fsp3) is 0.583. The first-order valence-electron chi connectivity index (χ1n) is 5.54. The summed E-state index contributed by atoms with van der Waals surface area (Å²) in [5, 5.41) is 0. The molecule has 1 aromatic heterocycles. The Morgan fingerprint density at radius 1 is 1.40 bits per heavy atom. The second-order valence-corrected chi connectivity index (χ2v) is 3.63. The van der Waals surface area contributed by atoms with E-state index >= 15 is 0 Å². The van der Waals surface area contributed by atoms with E-state index in [9.17, 15) is 0 Å². The minimum Gasteiger partial charge on any atom is -0.487 e. The molecule has 0 spiro atoms. The van der Waals surface area contributed by atoms with Gasteiger partial charge in [0.25, 0.3) is 0 Å². The standard InChI is InChI=1S/C12H20N2O/c1-4-10(8-13)15-12-7-6-9(3)14-11(12)5-2/h6-7,10H,4-5,8,13H2,1-3H3. The van der Waals surface area contributed by atoms with E-state index in [1.54, 1.807) is 0 Å². The number of hydrogen-bond donors (Lipinski definition) is 1. The summed E-state index contributed by atoms with van der Waals surface area (Å²) in [6.45, 7) is 6.69. The van der Waals surface area contributed by atoms with Gasteiger partial charge in [-0.15, -0.1) is 0 Å². The summed E-state index contributed by atoms with van der Waals surface area (Å²) in [6, 6.07) is 3.96. The van der Waals surface area contributed by atoms with Crippen LogP contribution in [-0.2, 0) is 6.42 Å². The van der Waals surface area contributed by atoms with Gasteiger partial charge in [-0.05, 0) is 31.9 Å². The molecule has 1 atom stereocenters. The first-order valence-corrected chi connectivity index (χ1v) is 5.54. The maximum absolute atomic E-state index is 5.80. The van der Waals surface area contributed by atoms with E-state index in [4.69, 9.17) is 10.5 Å². The Kier molecular flexibility index (Phi) is 4.56. The van der Waals surface area contributed by atoms with Crippen molar-refractivity contribution in [1.29, 1.82) is 0 Å². The molecule has 0 bridgehead atoms. The molecule has 0 fully saturated rings. The molecule has 0 radical (unpaired) electrons. The number of aryl methyl sites for hydroxylation is 2. The van der Waals surface area contributed by atoms with Crippen LogP contribution in [0.25, 0.3) is 0 Å². The Bertz CT molecular complexity index is 308. The van der Waals surface area contributed by atoms with Crippen molar-refractivity contribution in [2.45, 2.75) is 39.7 Å². The average molecular weight is 208 g/mol. The van der Waals surface area contributed by atoms with Gasteiger partial charge in [0.1, 0.15) is 11.9 Å². The molecular weight excluding hydrogens is 188 g/mol. The van der Waals surface area contributed by atoms with Crippen LogP contribution in [0.3, 0.4) is 0 Å². The van der Waals surface area contributed by atoms with Gasteiger partial charge in [-0.25, -0.2) is 0 Å². The molecule has 0 aliphatic heterocycles. The molecule has 3 nitrogen and oxygen atoms in total. The van der Waals surface area contributed by atoms with Crippen LogP contribution in [0, 0.1) is 6.92 Å².